The summed E-state index contributed by atoms with van der Waals surface area (Å²) >= 11 is 1.76. The minimum Gasteiger partial charge on any atom is -0.361 e. The molecule has 2 aromatic heterocycles. The highest BCUT2D eigenvalue weighted by molar-refractivity contribution is 7.18. The Bertz CT molecular complexity index is 1130. The molecular formula is C24H26N4OS. The van der Waals surface area contributed by atoms with Gasteiger partial charge in [-0.15, -0.1) is 11.3 Å². The summed E-state index contributed by atoms with van der Waals surface area (Å²) in [7, 11) is 0. The number of benzene rings is 2. The van der Waals surface area contributed by atoms with E-state index in [-0.39, 0.29) is 11.9 Å². The van der Waals surface area contributed by atoms with Crippen LogP contribution in [0.15, 0.2) is 54.7 Å². The summed E-state index contributed by atoms with van der Waals surface area (Å²) < 4.78 is 1.22. The predicted molar refractivity (Wildman–Crippen MR) is 123 cm³/mol. The lowest BCUT2D eigenvalue weighted by Gasteiger charge is -2.33. The number of rotatable bonds is 6. The zero-order valence-electron chi connectivity index (χ0n) is 16.9. The number of amides is 1. The second-order valence-electron chi connectivity index (χ2n) is 7.96. The summed E-state index contributed by atoms with van der Waals surface area (Å²) in [6.45, 7) is 2.05. The van der Waals surface area contributed by atoms with E-state index in [0.29, 0.717) is 13.1 Å². The number of fused-ring (bicyclic) bond motifs is 2. The molecule has 154 valence electrons. The third-order valence-electron chi connectivity index (χ3n) is 5.95. The van der Waals surface area contributed by atoms with Gasteiger partial charge >= 0.3 is 0 Å². The fourth-order valence-electron chi connectivity index (χ4n) is 4.41. The Morgan fingerprint density at radius 3 is 2.97 bits per heavy atom. The number of aromatic amines is 1. The molecule has 1 amide bonds. The monoisotopic (exact) mass is 418 g/mol. The van der Waals surface area contributed by atoms with Crippen molar-refractivity contribution in [2.75, 3.05) is 19.6 Å². The molecule has 5 nitrogen and oxygen atoms in total. The van der Waals surface area contributed by atoms with Crippen LogP contribution in [-0.2, 0) is 11.2 Å². The molecule has 3 heterocycles. The molecule has 0 radical (unpaired) electrons. The van der Waals surface area contributed by atoms with Crippen molar-refractivity contribution in [3.05, 3.63) is 65.3 Å². The number of nitrogens with zero attached hydrogens (tertiary/aromatic N) is 2. The molecule has 1 aliphatic rings. The zero-order valence-corrected chi connectivity index (χ0v) is 17.8. The van der Waals surface area contributed by atoms with Crippen LogP contribution in [0.4, 0.5) is 0 Å². The summed E-state index contributed by atoms with van der Waals surface area (Å²) in [6.07, 6.45) is 6.29. The number of hydrogen-bond donors (Lipinski definition) is 2. The SMILES string of the molecule is O=C(CN1CCCC[C@H]1c1nc2ccccc2s1)NCCc1c[nH]c2ccccc12. The Kier molecular flexibility index (Phi) is 5.51. The van der Waals surface area contributed by atoms with E-state index in [2.05, 4.69) is 51.6 Å². The summed E-state index contributed by atoms with van der Waals surface area (Å²) in [4.78, 5) is 23.1. The van der Waals surface area contributed by atoms with Crippen LogP contribution in [0, 0.1) is 0 Å². The van der Waals surface area contributed by atoms with Crippen LogP contribution in [0.2, 0.25) is 0 Å². The number of thiazole rings is 1. The van der Waals surface area contributed by atoms with Gasteiger partial charge in [0.05, 0.1) is 22.8 Å². The van der Waals surface area contributed by atoms with Crippen molar-refractivity contribution in [1.29, 1.82) is 0 Å². The predicted octanol–water partition coefficient (Wildman–Crippen LogP) is 4.66. The third kappa shape index (κ3) is 3.98. The number of H-pyrrole nitrogens is 1. The van der Waals surface area contributed by atoms with Gasteiger partial charge in [-0.2, -0.15) is 0 Å². The van der Waals surface area contributed by atoms with Crippen molar-refractivity contribution in [2.45, 2.75) is 31.7 Å². The van der Waals surface area contributed by atoms with E-state index >= 15 is 0 Å². The van der Waals surface area contributed by atoms with Gasteiger partial charge in [0, 0.05) is 23.6 Å². The molecule has 2 aromatic carbocycles. The standard InChI is InChI=1S/C24H26N4OS/c29-23(25-13-12-17-15-26-19-8-2-1-7-18(17)19)16-28-14-6-5-10-21(28)24-27-20-9-3-4-11-22(20)30-24/h1-4,7-9,11,15,21,26H,5-6,10,12-14,16H2,(H,25,29)/t21-/m0/s1. The molecule has 2 N–H and O–H groups in total. The van der Waals surface area contributed by atoms with Crippen LogP contribution >= 0.6 is 11.3 Å². The van der Waals surface area contributed by atoms with Crippen molar-refractivity contribution in [1.82, 2.24) is 20.2 Å². The topological polar surface area (TPSA) is 61.0 Å². The van der Waals surface area contributed by atoms with Crippen molar-refractivity contribution in [2.24, 2.45) is 0 Å². The highest BCUT2D eigenvalue weighted by Crippen LogP contribution is 2.35. The molecular weight excluding hydrogens is 392 g/mol. The molecule has 1 saturated heterocycles. The first-order valence-electron chi connectivity index (χ1n) is 10.7. The minimum absolute atomic E-state index is 0.0999. The van der Waals surface area contributed by atoms with E-state index < -0.39 is 0 Å². The normalized spacial score (nSPS) is 17.5. The van der Waals surface area contributed by atoms with Gasteiger partial charge in [0.15, 0.2) is 0 Å². The van der Waals surface area contributed by atoms with E-state index in [0.717, 1.165) is 41.8 Å². The van der Waals surface area contributed by atoms with Crippen LogP contribution in [0.25, 0.3) is 21.1 Å². The maximum absolute atomic E-state index is 12.7. The van der Waals surface area contributed by atoms with Crippen molar-refractivity contribution in [3.63, 3.8) is 0 Å². The smallest absolute Gasteiger partial charge is 0.234 e. The minimum atomic E-state index is 0.0999. The molecule has 0 aliphatic carbocycles. The number of aromatic nitrogens is 2. The maximum atomic E-state index is 12.7. The summed E-state index contributed by atoms with van der Waals surface area (Å²) in [5.74, 6) is 0.0999. The Balaban J connectivity index is 1.20. The lowest BCUT2D eigenvalue weighted by Crippen LogP contribution is -2.42. The second-order valence-corrected chi connectivity index (χ2v) is 9.02. The van der Waals surface area contributed by atoms with E-state index in [9.17, 15) is 4.79 Å². The molecule has 5 rings (SSSR count). The second kappa shape index (κ2) is 8.58. The number of carbonyl (C=O) groups excluding carboxylic acids is 1. The molecule has 30 heavy (non-hydrogen) atoms. The van der Waals surface area contributed by atoms with E-state index in [1.54, 1.807) is 11.3 Å². The first-order valence-corrected chi connectivity index (χ1v) is 11.5. The average Bonchev–Trinajstić information content (AvgIpc) is 3.38. The van der Waals surface area contributed by atoms with Gasteiger partial charge in [0.25, 0.3) is 0 Å². The van der Waals surface area contributed by atoms with E-state index in [4.69, 9.17) is 4.98 Å². The molecule has 0 spiro atoms. The number of hydrogen-bond acceptors (Lipinski definition) is 4. The van der Waals surface area contributed by atoms with Gasteiger partial charge < -0.3 is 10.3 Å². The first kappa shape index (κ1) is 19.3. The fourth-order valence-corrected chi connectivity index (χ4v) is 5.54. The van der Waals surface area contributed by atoms with Gasteiger partial charge in [-0.05, 0) is 49.6 Å². The lowest BCUT2D eigenvalue weighted by atomic mass is 10.0. The summed E-state index contributed by atoms with van der Waals surface area (Å²) in [5.41, 5.74) is 3.45. The lowest BCUT2D eigenvalue weighted by molar-refractivity contribution is -0.123. The number of carbonyl (C=O) groups is 1. The molecule has 1 fully saturated rings. The Morgan fingerprint density at radius 2 is 2.03 bits per heavy atom. The molecule has 0 saturated carbocycles. The van der Waals surface area contributed by atoms with E-state index in [1.807, 2.05) is 18.3 Å². The van der Waals surface area contributed by atoms with Crippen LogP contribution in [-0.4, -0.2) is 40.4 Å². The quantitative estimate of drug-likeness (QED) is 0.479. The fraction of sp³-hybridized carbons (Fsp3) is 0.333. The molecule has 0 unspecified atom stereocenters. The highest BCUT2D eigenvalue weighted by Gasteiger charge is 2.28. The van der Waals surface area contributed by atoms with Gasteiger partial charge in [-0.3, -0.25) is 9.69 Å². The summed E-state index contributed by atoms with van der Waals surface area (Å²) in [5, 5.41) is 5.50. The number of likely N-dealkylation sites (tertiary alicyclic amines) is 1. The van der Waals surface area contributed by atoms with Gasteiger partial charge in [0.1, 0.15) is 5.01 Å². The van der Waals surface area contributed by atoms with Crippen molar-refractivity contribution in [3.8, 4) is 0 Å². The molecule has 6 heteroatoms. The van der Waals surface area contributed by atoms with Crippen LogP contribution in [0.1, 0.15) is 35.9 Å². The average molecular weight is 419 g/mol. The Hall–Kier alpha value is -2.70. The number of nitrogens with one attached hydrogen (secondary N) is 2. The highest BCUT2D eigenvalue weighted by atomic mass is 32.1. The van der Waals surface area contributed by atoms with Crippen LogP contribution < -0.4 is 5.32 Å². The Labute approximate surface area is 180 Å². The van der Waals surface area contributed by atoms with Gasteiger partial charge in [0.2, 0.25) is 5.91 Å². The molecule has 1 atom stereocenters. The molecule has 0 bridgehead atoms. The van der Waals surface area contributed by atoms with E-state index in [1.165, 1.54) is 22.1 Å². The van der Waals surface area contributed by atoms with Crippen LogP contribution in [0.3, 0.4) is 0 Å². The largest absolute Gasteiger partial charge is 0.361 e. The van der Waals surface area contributed by atoms with Gasteiger partial charge in [-0.1, -0.05) is 36.8 Å². The third-order valence-corrected chi connectivity index (χ3v) is 7.08. The number of piperidine rings is 1. The maximum Gasteiger partial charge on any atom is 0.234 e. The van der Waals surface area contributed by atoms with Crippen LogP contribution in [0.5, 0.6) is 0 Å². The van der Waals surface area contributed by atoms with Crippen molar-refractivity contribution >= 4 is 38.4 Å². The first-order chi connectivity index (χ1) is 14.8. The molecule has 4 aromatic rings. The number of para-hydroxylation sites is 2. The Morgan fingerprint density at radius 1 is 1.17 bits per heavy atom. The van der Waals surface area contributed by atoms with Crippen molar-refractivity contribution < 1.29 is 4.79 Å². The molecule has 1 aliphatic heterocycles. The summed E-state index contributed by atoms with van der Waals surface area (Å²) in [6, 6.07) is 16.8. The van der Waals surface area contributed by atoms with Gasteiger partial charge in [-0.25, -0.2) is 4.98 Å². The zero-order chi connectivity index (χ0) is 20.3.